The number of rotatable bonds is 3. The minimum Gasteiger partial charge on any atom is -0.444 e. The molecule has 1 saturated carbocycles. The van der Waals surface area contributed by atoms with E-state index in [0.29, 0.717) is 6.42 Å². The van der Waals surface area contributed by atoms with Gasteiger partial charge in [-0.05, 0) is 34.1 Å². The quantitative estimate of drug-likeness (QED) is 0.748. The van der Waals surface area contributed by atoms with E-state index in [0.717, 1.165) is 0 Å². The molecule has 90 valence electrons. The van der Waals surface area contributed by atoms with E-state index in [9.17, 15) is 9.59 Å². The number of ether oxygens (including phenoxy) is 1. The van der Waals surface area contributed by atoms with Crippen molar-refractivity contribution in [1.82, 2.24) is 5.32 Å². The van der Waals surface area contributed by atoms with Crippen LogP contribution in [0.1, 0.15) is 34.1 Å². The largest absolute Gasteiger partial charge is 0.444 e. The van der Waals surface area contributed by atoms with Crippen LogP contribution in [-0.4, -0.2) is 23.0 Å². The van der Waals surface area contributed by atoms with Crippen LogP contribution in [0.4, 0.5) is 4.79 Å². The third kappa shape index (κ3) is 2.62. The second-order valence-corrected chi connectivity index (χ2v) is 5.20. The highest BCUT2D eigenvalue weighted by Crippen LogP contribution is 2.45. The van der Waals surface area contributed by atoms with Gasteiger partial charge < -0.3 is 10.1 Å². The highest BCUT2D eigenvalue weighted by molar-refractivity contribution is 5.93. The lowest BCUT2D eigenvalue weighted by Gasteiger charge is -2.22. The number of Topliss-reactive ketones (excluding diaryl/α,β-unsaturated/α-hetero) is 1. The van der Waals surface area contributed by atoms with Crippen molar-refractivity contribution < 1.29 is 14.3 Å². The summed E-state index contributed by atoms with van der Waals surface area (Å²) in [6, 6.07) is 0. The minimum atomic E-state index is -0.774. The van der Waals surface area contributed by atoms with Gasteiger partial charge >= 0.3 is 6.09 Å². The zero-order chi connectivity index (χ0) is 12.6. The van der Waals surface area contributed by atoms with E-state index in [-0.39, 0.29) is 11.7 Å². The number of amides is 1. The Morgan fingerprint density at radius 3 is 2.38 bits per heavy atom. The van der Waals surface area contributed by atoms with Gasteiger partial charge in [-0.2, -0.15) is 0 Å². The van der Waals surface area contributed by atoms with Gasteiger partial charge in [-0.3, -0.25) is 4.79 Å². The van der Waals surface area contributed by atoms with Crippen molar-refractivity contribution in [2.24, 2.45) is 5.92 Å². The van der Waals surface area contributed by atoms with Gasteiger partial charge in [0, 0.05) is 5.92 Å². The standard InChI is InChI=1S/C12H19NO3/c1-6-9-7-12(9,8(2)14)13-10(15)16-11(3,4)5/h6,9H,1,7H2,2-5H3,(H,13,15)/t9-,12+/m0/s1. The number of hydrogen-bond donors (Lipinski definition) is 1. The zero-order valence-electron chi connectivity index (χ0n) is 10.3. The first-order valence-electron chi connectivity index (χ1n) is 5.36. The molecule has 1 rings (SSSR count). The zero-order valence-corrected chi connectivity index (χ0v) is 10.3. The molecule has 4 nitrogen and oxygen atoms in total. The van der Waals surface area contributed by atoms with Crippen molar-refractivity contribution in [3.8, 4) is 0 Å². The predicted octanol–water partition coefficient (Wildman–Crippen LogP) is 2.04. The van der Waals surface area contributed by atoms with Crippen molar-refractivity contribution in [3.63, 3.8) is 0 Å². The predicted molar refractivity (Wildman–Crippen MR) is 61.1 cm³/mol. The SMILES string of the molecule is C=C[C@H]1C[C@@]1(NC(=O)OC(C)(C)C)C(C)=O. The molecule has 16 heavy (non-hydrogen) atoms. The Morgan fingerprint density at radius 1 is 1.50 bits per heavy atom. The molecule has 0 aromatic heterocycles. The summed E-state index contributed by atoms with van der Waals surface area (Å²) in [6.45, 7) is 10.5. The Kier molecular flexibility index (Phi) is 3.13. The highest BCUT2D eigenvalue weighted by Gasteiger charge is 2.58. The van der Waals surface area contributed by atoms with Crippen molar-refractivity contribution in [2.45, 2.75) is 45.3 Å². The molecule has 1 aliphatic carbocycles. The van der Waals surface area contributed by atoms with Gasteiger partial charge in [-0.1, -0.05) is 6.08 Å². The van der Waals surface area contributed by atoms with Gasteiger partial charge in [0.25, 0.3) is 0 Å². The summed E-state index contributed by atoms with van der Waals surface area (Å²) in [5.41, 5.74) is -1.33. The second-order valence-electron chi connectivity index (χ2n) is 5.20. The van der Waals surface area contributed by atoms with E-state index in [4.69, 9.17) is 4.74 Å². The fourth-order valence-corrected chi connectivity index (χ4v) is 1.69. The molecule has 0 aromatic carbocycles. The van der Waals surface area contributed by atoms with E-state index >= 15 is 0 Å². The van der Waals surface area contributed by atoms with E-state index < -0.39 is 17.2 Å². The molecular weight excluding hydrogens is 206 g/mol. The number of carbonyl (C=O) groups is 2. The van der Waals surface area contributed by atoms with E-state index in [2.05, 4.69) is 11.9 Å². The Morgan fingerprint density at radius 2 is 2.06 bits per heavy atom. The Hall–Kier alpha value is -1.32. The maximum Gasteiger partial charge on any atom is 0.408 e. The number of hydrogen-bond acceptors (Lipinski definition) is 3. The van der Waals surface area contributed by atoms with Gasteiger partial charge in [-0.25, -0.2) is 4.79 Å². The van der Waals surface area contributed by atoms with Crippen LogP contribution < -0.4 is 5.32 Å². The average Bonchev–Trinajstić information content (AvgIpc) is 2.76. The fraction of sp³-hybridized carbons (Fsp3) is 0.667. The van der Waals surface area contributed by atoms with E-state index in [1.54, 1.807) is 26.8 Å². The highest BCUT2D eigenvalue weighted by atomic mass is 16.6. The summed E-state index contributed by atoms with van der Waals surface area (Å²) in [5, 5.41) is 2.64. The maximum absolute atomic E-state index is 11.6. The summed E-state index contributed by atoms with van der Waals surface area (Å²) in [4.78, 5) is 23.0. The molecule has 4 heteroatoms. The lowest BCUT2D eigenvalue weighted by molar-refractivity contribution is -0.120. The molecule has 0 radical (unpaired) electrons. The summed E-state index contributed by atoms with van der Waals surface area (Å²) in [5.74, 6) is -0.0271. The van der Waals surface area contributed by atoms with Gasteiger partial charge in [0.15, 0.2) is 5.78 Å². The number of ketones is 1. The molecule has 0 aliphatic heterocycles. The number of alkyl carbamates (subject to hydrolysis) is 1. The monoisotopic (exact) mass is 225 g/mol. The van der Waals surface area contributed by atoms with Gasteiger partial charge in [0.2, 0.25) is 0 Å². The van der Waals surface area contributed by atoms with Crippen molar-refractivity contribution in [3.05, 3.63) is 12.7 Å². The maximum atomic E-state index is 11.6. The van der Waals surface area contributed by atoms with Crippen molar-refractivity contribution >= 4 is 11.9 Å². The molecule has 0 unspecified atom stereocenters. The molecule has 1 amide bonds. The molecule has 0 saturated heterocycles. The first-order valence-corrected chi connectivity index (χ1v) is 5.36. The first-order chi connectivity index (χ1) is 7.21. The Balaban J connectivity index is 2.63. The minimum absolute atomic E-state index is 0.0255. The smallest absolute Gasteiger partial charge is 0.408 e. The van der Waals surface area contributed by atoms with Gasteiger partial charge in [0.1, 0.15) is 11.1 Å². The van der Waals surface area contributed by atoms with Crippen LogP contribution in [0.25, 0.3) is 0 Å². The van der Waals surface area contributed by atoms with Crippen LogP contribution >= 0.6 is 0 Å². The molecule has 0 spiro atoms. The third-order valence-electron chi connectivity index (χ3n) is 2.65. The van der Waals surface area contributed by atoms with Gasteiger partial charge in [0.05, 0.1) is 0 Å². The summed E-state index contributed by atoms with van der Waals surface area (Å²) >= 11 is 0. The first kappa shape index (κ1) is 12.7. The topological polar surface area (TPSA) is 55.4 Å². The lowest BCUT2D eigenvalue weighted by atomic mass is 10.1. The lowest BCUT2D eigenvalue weighted by Crippen LogP contribution is -2.46. The normalized spacial score (nSPS) is 28.1. The van der Waals surface area contributed by atoms with Crippen LogP contribution in [0.2, 0.25) is 0 Å². The molecule has 1 fully saturated rings. The van der Waals surface area contributed by atoms with Crippen LogP contribution in [0.5, 0.6) is 0 Å². The number of carbonyl (C=O) groups excluding carboxylic acids is 2. The Bertz CT molecular complexity index is 330. The number of nitrogens with one attached hydrogen (secondary N) is 1. The molecule has 1 aliphatic rings. The Labute approximate surface area is 96.0 Å². The summed E-state index contributed by atoms with van der Waals surface area (Å²) < 4.78 is 5.12. The van der Waals surface area contributed by atoms with E-state index in [1.807, 2.05) is 0 Å². The van der Waals surface area contributed by atoms with Crippen LogP contribution in [0.15, 0.2) is 12.7 Å². The molecule has 0 bridgehead atoms. The van der Waals surface area contributed by atoms with Crippen molar-refractivity contribution in [2.75, 3.05) is 0 Å². The molecule has 1 N–H and O–H groups in total. The second kappa shape index (κ2) is 3.92. The molecule has 0 aromatic rings. The molecule has 2 atom stereocenters. The third-order valence-corrected chi connectivity index (χ3v) is 2.65. The van der Waals surface area contributed by atoms with E-state index in [1.165, 1.54) is 6.92 Å². The van der Waals surface area contributed by atoms with Crippen LogP contribution in [0.3, 0.4) is 0 Å². The fourth-order valence-electron chi connectivity index (χ4n) is 1.69. The summed E-state index contributed by atoms with van der Waals surface area (Å²) in [7, 11) is 0. The van der Waals surface area contributed by atoms with Crippen LogP contribution in [0, 0.1) is 5.92 Å². The average molecular weight is 225 g/mol. The van der Waals surface area contributed by atoms with Gasteiger partial charge in [-0.15, -0.1) is 6.58 Å². The molecular formula is C12H19NO3. The van der Waals surface area contributed by atoms with Crippen molar-refractivity contribution in [1.29, 1.82) is 0 Å². The van der Waals surface area contributed by atoms with Crippen LogP contribution in [-0.2, 0) is 9.53 Å². The summed E-state index contributed by atoms with van der Waals surface area (Å²) in [6.07, 6.45) is 1.76. The molecule has 0 heterocycles.